The summed E-state index contributed by atoms with van der Waals surface area (Å²) in [6.07, 6.45) is 4.93. The number of hydrogen-bond donors (Lipinski definition) is 2. The molecule has 0 fully saturated rings. The van der Waals surface area contributed by atoms with Crippen LogP contribution in [-0.2, 0) is 6.61 Å². The molecule has 0 bridgehead atoms. The monoisotopic (exact) mass is 321 g/mol. The van der Waals surface area contributed by atoms with Crippen LogP contribution in [0, 0.1) is 0 Å². The predicted molar refractivity (Wildman–Crippen MR) is 88.9 cm³/mol. The molecule has 1 amide bonds. The first-order chi connectivity index (χ1) is 11.7. The van der Waals surface area contributed by atoms with Crippen LogP contribution in [0.1, 0.15) is 15.9 Å². The first-order valence-electron chi connectivity index (χ1n) is 7.29. The molecule has 0 radical (unpaired) electrons. The normalized spacial score (nSPS) is 10.2. The van der Waals surface area contributed by atoms with E-state index in [-0.39, 0.29) is 17.5 Å². The van der Waals surface area contributed by atoms with E-state index in [0.717, 1.165) is 5.56 Å². The Kier molecular flexibility index (Phi) is 4.67. The molecule has 1 aromatic carbocycles. The molecule has 0 spiro atoms. The molecule has 120 valence electrons. The molecule has 2 N–H and O–H groups in total. The molecule has 24 heavy (non-hydrogen) atoms. The Bertz CT molecular complexity index is 820. The summed E-state index contributed by atoms with van der Waals surface area (Å²) in [5.74, 6) is 0.334. The van der Waals surface area contributed by atoms with E-state index < -0.39 is 0 Å². The lowest BCUT2D eigenvalue weighted by atomic mass is 10.2. The molecule has 0 aliphatic carbocycles. The van der Waals surface area contributed by atoms with Crippen molar-refractivity contribution in [2.45, 2.75) is 6.61 Å². The van der Waals surface area contributed by atoms with Crippen LogP contribution in [0.3, 0.4) is 0 Å². The third kappa shape index (κ3) is 3.86. The van der Waals surface area contributed by atoms with Crippen molar-refractivity contribution in [1.82, 2.24) is 9.97 Å². The summed E-state index contributed by atoms with van der Waals surface area (Å²) in [6, 6.07) is 13.5. The van der Waals surface area contributed by atoms with Crippen LogP contribution in [0.5, 0.6) is 11.5 Å². The van der Waals surface area contributed by atoms with Gasteiger partial charge in [0.25, 0.3) is 5.91 Å². The molecule has 2 heterocycles. The zero-order valence-electron chi connectivity index (χ0n) is 12.7. The van der Waals surface area contributed by atoms with E-state index in [0.29, 0.717) is 17.9 Å². The number of nitrogens with one attached hydrogen (secondary N) is 1. The van der Waals surface area contributed by atoms with Crippen LogP contribution < -0.4 is 10.1 Å². The van der Waals surface area contributed by atoms with Crippen molar-refractivity contribution in [3.05, 3.63) is 78.2 Å². The predicted octanol–water partition coefficient (Wildman–Crippen LogP) is 3.01. The number of benzene rings is 1. The van der Waals surface area contributed by atoms with Crippen molar-refractivity contribution in [1.29, 1.82) is 0 Å². The molecule has 3 rings (SSSR count). The number of amides is 1. The van der Waals surface area contributed by atoms with Gasteiger partial charge in [-0.1, -0.05) is 6.07 Å². The maximum absolute atomic E-state index is 12.1. The number of aromatic nitrogens is 2. The van der Waals surface area contributed by atoms with Gasteiger partial charge in [0.2, 0.25) is 0 Å². The molecule has 0 atom stereocenters. The van der Waals surface area contributed by atoms with E-state index in [2.05, 4.69) is 15.3 Å². The minimum Gasteiger partial charge on any atom is -0.504 e. The summed E-state index contributed by atoms with van der Waals surface area (Å²) in [5.41, 5.74) is 1.40. The fourth-order valence-corrected chi connectivity index (χ4v) is 2.03. The van der Waals surface area contributed by atoms with Crippen LogP contribution in [0.15, 0.2) is 67.1 Å². The Morgan fingerprint density at radius 2 is 1.88 bits per heavy atom. The first-order valence-corrected chi connectivity index (χ1v) is 7.29. The number of rotatable bonds is 5. The van der Waals surface area contributed by atoms with Crippen molar-refractivity contribution in [2.75, 3.05) is 5.32 Å². The number of ether oxygens (including phenoxy) is 1. The molecule has 3 aromatic rings. The van der Waals surface area contributed by atoms with Gasteiger partial charge in [0, 0.05) is 29.7 Å². The molecule has 6 nitrogen and oxygen atoms in total. The van der Waals surface area contributed by atoms with E-state index in [4.69, 9.17) is 4.74 Å². The number of carbonyl (C=O) groups is 1. The zero-order valence-corrected chi connectivity index (χ0v) is 12.7. The third-order valence-corrected chi connectivity index (χ3v) is 3.26. The van der Waals surface area contributed by atoms with Crippen LogP contribution in [0.25, 0.3) is 0 Å². The van der Waals surface area contributed by atoms with E-state index in [9.17, 15) is 9.90 Å². The van der Waals surface area contributed by atoms with E-state index in [1.54, 1.807) is 42.7 Å². The van der Waals surface area contributed by atoms with Crippen molar-refractivity contribution in [3.8, 4) is 11.5 Å². The van der Waals surface area contributed by atoms with Crippen molar-refractivity contribution < 1.29 is 14.6 Å². The SMILES string of the molecule is O=C(Nc1ncccc1O)c1ccc(OCc2cccnc2)cc1. The van der Waals surface area contributed by atoms with E-state index in [1.165, 1.54) is 12.3 Å². The van der Waals surface area contributed by atoms with E-state index in [1.807, 2.05) is 12.1 Å². The van der Waals surface area contributed by atoms with Crippen molar-refractivity contribution in [3.63, 3.8) is 0 Å². The molecule has 6 heteroatoms. The van der Waals surface area contributed by atoms with Gasteiger partial charge in [0.05, 0.1) is 0 Å². The Hall–Kier alpha value is -3.41. The summed E-state index contributed by atoms with van der Waals surface area (Å²) >= 11 is 0. The minimum absolute atomic E-state index is 0.0812. The highest BCUT2D eigenvalue weighted by Gasteiger charge is 2.09. The number of aromatic hydroxyl groups is 1. The highest BCUT2D eigenvalue weighted by atomic mass is 16.5. The molecule has 0 unspecified atom stereocenters. The molecule has 0 aliphatic heterocycles. The summed E-state index contributed by atoms with van der Waals surface area (Å²) < 4.78 is 5.64. The van der Waals surface area contributed by atoms with Gasteiger partial charge >= 0.3 is 0 Å². The summed E-state index contributed by atoms with van der Waals surface area (Å²) in [5, 5.41) is 12.2. The van der Waals surface area contributed by atoms with Crippen molar-refractivity contribution >= 4 is 11.7 Å². The van der Waals surface area contributed by atoms with Crippen molar-refractivity contribution in [2.24, 2.45) is 0 Å². The average Bonchev–Trinajstić information content (AvgIpc) is 2.63. The quantitative estimate of drug-likeness (QED) is 0.754. The van der Waals surface area contributed by atoms with Gasteiger partial charge in [-0.3, -0.25) is 9.78 Å². The Labute approximate surface area is 138 Å². The number of anilines is 1. The number of nitrogens with zero attached hydrogens (tertiary/aromatic N) is 2. The van der Waals surface area contributed by atoms with Gasteiger partial charge in [0.1, 0.15) is 12.4 Å². The highest BCUT2D eigenvalue weighted by molar-refractivity contribution is 6.04. The Morgan fingerprint density at radius 3 is 2.58 bits per heavy atom. The molecule has 0 saturated carbocycles. The maximum atomic E-state index is 12.1. The Morgan fingerprint density at radius 1 is 1.08 bits per heavy atom. The lowest BCUT2D eigenvalue weighted by Crippen LogP contribution is -2.12. The van der Waals surface area contributed by atoms with Crippen LogP contribution in [0.4, 0.5) is 5.82 Å². The summed E-state index contributed by atoms with van der Waals surface area (Å²) in [7, 11) is 0. The molecule has 0 aliphatic rings. The largest absolute Gasteiger partial charge is 0.504 e. The van der Waals surface area contributed by atoms with Gasteiger partial charge in [0.15, 0.2) is 11.6 Å². The first kappa shape index (κ1) is 15.5. The molecular weight excluding hydrogens is 306 g/mol. The summed E-state index contributed by atoms with van der Waals surface area (Å²) in [4.78, 5) is 20.1. The van der Waals surface area contributed by atoms with Gasteiger partial charge in [-0.2, -0.15) is 0 Å². The number of hydrogen-bond acceptors (Lipinski definition) is 5. The van der Waals surface area contributed by atoms with Gasteiger partial charge in [-0.05, 0) is 42.5 Å². The Balaban J connectivity index is 1.61. The average molecular weight is 321 g/mol. The minimum atomic E-state index is -0.359. The number of pyridine rings is 2. The second-order valence-corrected chi connectivity index (χ2v) is 5.00. The maximum Gasteiger partial charge on any atom is 0.256 e. The second-order valence-electron chi connectivity index (χ2n) is 5.00. The van der Waals surface area contributed by atoms with Gasteiger partial charge in [-0.25, -0.2) is 4.98 Å². The summed E-state index contributed by atoms with van der Waals surface area (Å²) in [6.45, 7) is 0.404. The lowest BCUT2D eigenvalue weighted by molar-refractivity contribution is 0.102. The third-order valence-electron chi connectivity index (χ3n) is 3.26. The van der Waals surface area contributed by atoms with Crippen LogP contribution >= 0.6 is 0 Å². The lowest BCUT2D eigenvalue weighted by Gasteiger charge is -2.08. The van der Waals surface area contributed by atoms with Crippen LogP contribution in [-0.4, -0.2) is 21.0 Å². The van der Waals surface area contributed by atoms with Gasteiger partial charge < -0.3 is 15.2 Å². The fraction of sp³-hybridized carbons (Fsp3) is 0.0556. The molecular formula is C18H15N3O3. The smallest absolute Gasteiger partial charge is 0.256 e. The highest BCUT2D eigenvalue weighted by Crippen LogP contribution is 2.20. The molecule has 0 saturated heterocycles. The second kappa shape index (κ2) is 7.23. The topological polar surface area (TPSA) is 84.3 Å². The number of carbonyl (C=O) groups excluding carboxylic acids is 1. The van der Waals surface area contributed by atoms with Gasteiger partial charge in [-0.15, -0.1) is 0 Å². The van der Waals surface area contributed by atoms with Crippen LogP contribution in [0.2, 0.25) is 0 Å². The standard InChI is InChI=1S/C18H15N3O3/c22-16-4-2-10-20-17(16)21-18(23)14-5-7-15(8-6-14)24-12-13-3-1-9-19-11-13/h1-11,22H,12H2,(H,20,21,23). The van der Waals surface area contributed by atoms with E-state index >= 15 is 0 Å². The fourth-order valence-electron chi connectivity index (χ4n) is 2.03. The zero-order chi connectivity index (χ0) is 16.8. The molecule has 2 aromatic heterocycles.